The Hall–Kier alpha value is -1.46. The third-order valence-electron chi connectivity index (χ3n) is 4.94. The molecule has 160 valence electrons. The van der Waals surface area contributed by atoms with Crippen molar-refractivity contribution in [1.29, 1.82) is 0 Å². The fraction of sp³-hybridized carbons (Fsp3) is 0.765. The summed E-state index contributed by atoms with van der Waals surface area (Å²) in [4.78, 5) is 50.2. The minimum Gasteiger partial charge on any atom is -0.480 e. The van der Waals surface area contributed by atoms with Crippen LogP contribution in [0, 0.1) is 5.92 Å². The largest absolute Gasteiger partial charge is 0.480 e. The Kier molecular flexibility index (Phi) is 10.1. The molecule has 5 unspecified atom stereocenters. The van der Waals surface area contributed by atoms with Crippen molar-refractivity contribution >= 4 is 48.9 Å². The van der Waals surface area contributed by atoms with E-state index < -0.39 is 47.9 Å². The van der Waals surface area contributed by atoms with Gasteiger partial charge in [0.25, 0.3) is 0 Å². The molecule has 9 nitrogen and oxygen atoms in total. The van der Waals surface area contributed by atoms with Gasteiger partial charge in [0.1, 0.15) is 18.1 Å². The van der Waals surface area contributed by atoms with Crippen LogP contribution in [0.25, 0.3) is 0 Å². The summed E-state index contributed by atoms with van der Waals surface area (Å²) in [5.74, 6) is -2.67. The number of nitrogens with zero attached hydrogens (tertiary/aromatic N) is 1. The summed E-state index contributed by atoms with van der Waals surface area (Å²) in [6.45, 7) is 3.99. The van der Waals surface area contributed by atoms with E-state index in [0.717, 1.165) is 0 Å². The molecule has 0 aromatic carbocycles. The fourth-order valence-corrected chi connectivity index (χ4v) is 3.39. The third-order valence-corrected chi connectivity index (χ3v) is 5.70. The first-order valence-corrected chi connectivity index (χ1v) is 10.6. The Morgan fingerprint density at radius 3 is 2.32 bits per heavy atom. The zero-order valence-electron chi connectivity index (χ0n) is 16.1. The molecule has 0 spiro atoms. The lowest BCUT2D eigenvalue weighted by Crippen LogP contribution is -2.59. The maximum absolute atomic E-state index is 12.8. The molecular formula is C17H30N4O5S2. The highest BCUT2D eigenvalue weighted by atomic mass is 32.1. The van der Waals surface area contributed by atoms with E-state index in [4.69, 9.17) is 5.73 Å². The molecule has 11 heteroatoms. The number of amides is 3. The van der Waals surface area contributed by atoms with Crippen LogP contribution in [-0.4, -0.2) is 75.9 Å². The lowest BCUT2D eigenvalue weighted by Gasteiger charge is -2.29. The summed E-state index contributed by atoms with van der Waals surface area (Å²) in [6.07, 6.45) is 1.58. The van der Waals surface area contributed by atoms with E-state index in [1.807, 2.05) is 6.92 Å². The van der Waals surface area contributed by atoms with E-state index in [1.54, 1.807) is 6.92 Å². The van der Waals surface area contributed by atoms with E-state index in [0.29, 0.717) is 25.8 Å². The molecule has 5 atom stereocenters. The van der Waals surface area contributed by atoms with Crippen LogP contribution in [0.5, 0.6) is 0 Å². The standard InChI is InChI=1S/C17H30N4O5S2/c1-3-9(2)13(20-14(22)10(18)7-27)15(23)19-11(8-28)16(24)21-6-4-5-12(21)17(25)26/h9-13,27-28H,3-8,18H2,1-2H3,(H,19,23)(H,20,22)(H,25,26). The number of thiol groups is 2. The molecule has 0 radical (unpaired) electrons. The van der Waals surface area contributed by atoms with Gasteiger partial charge in [0, 0.05) is 18.1 Å². The van der Waals surface area contributed by atoms with Crippen molar-refractivity contribution in [2.75, 3.05) is 18.1 Å². The third kappa shape index (κ3) is 6.28. The summed E-state index contributed by atoms with van der Waals surface area (Å²) in [6, 6.07) is -3.62. The molecule has 0 bridgehead atoms. The van der Waals surface area contributed by atoms with E-state index >= 15 is 0 Å². The number of carboxylic acid groups (broad SMARTS) is 1. The molecule has 1 aliphatic rings. The van der Waals surface area contributed by atoms with Crippen LogP contribution in [0.3, 0.4) is 0 Å². The zero-order valence-corrected chi connectivity index (χ0v) is 17.9. The SMILES string of the molecule is CCC(C)C(NC(=O)C(N)CS)C(=O)NC(CS)C(=O)N1CCCC1C(=O)O. The first-order chi connectivity index (χ1) is 13.2. The lowest BCUT2D eigenvalue weighted by atomic mass is 9.97. The van der Waals surface area contributed by atoms with Crippen molar-refractivity contribution < 1.29 is 24.3 Å². The number of rotatable bonds is 10. The average molecular weight is 435 g/mol. The van der Waals surface area contributed by atoms with Crippen LogP contribution in [0.15, 0.2) is 0 Å². The molecule has 1 saturated heterocycles. The minimum absolute atomic E-state index is 0.00470. The maximum atomic E-state index is 12.8. The predicted molar refractivity (Wildman–Crippen MR) is 111 cm³/mol. The van der Waals surface area contributed by atoms with E-state index in [1.165, 1.54) is 4.90 Å². The van der Waals surface area contributed by atoms with Crippen LogP contribution >= 0.6 is 25.3 Å². The number of carboxylic acids is 1. The lowest BCUT2D eigenvalue weighted by molar-refractivity contribution is -0.149. The van der Waals surface area contributed by atoms with E-state index in [9.17, 15) is 24.3 Å². The molecular weight excluding hydrogens is 404 g/mol. The number of hydrogen-bond donors (Lipinski definition) is 6. The van der Waals surface area contributed by atoms with E-state index in [2.05, 4.69) is 35.9 Å². The quantitative estimate of drug-likeness (QED) is 0.250. The van der Waals surface area contributed by atoms with Crippen molar-refractivity contribution in [3.63, 3.8) is 0 Å². The van der Waals surface area contributed by atoms with Crippen molar-refractivity contribution in [2.45, 2.75) is 57.3 Å². The highest BCUT2D eigenvalue weighted by Crippen LogP contribution is 2.19. The normalized spacial score (nSPS) is 20.8. The molecule has 0 saturated carbocycles. The number of nitrogens with two attached hydrogens (primary N) is 1. The first-order valence-electron chi connectivity index (χ1n) is 9.29. The summed E-state index contributed by atoms with van der Waals surface area (Å²) < 4.78 is 0. The maximum Gasteiger partial charge on any atom is 0.326 e. The molecule has 3 amide bonds. The van der Waals surface area contributed by atoms with Crippen LogP contribution < -0.4 is 16.4 Å². The molecule has 1 aliphatic heterocycles. The van der Waals surface area contributed by atoms with Gasteiger partial charge in [-0.3, -0.25) is 14.4 Å². The highest BCUT2D eigenvalue weighted by molar-refractivity contribution is 7.80. The average Bonchev–Trinajstić information content (AvgIpc) is 3.18. The molecule has 1 rings (SSSR count). The Bertz CT molecular complexity index is 592. The summed E-state index contributed by atoms with van der Waals surface area (Å²) in [5, 5.41) is 14.5. The Balaban J connectivity index is 2.89. The van der Waals surface area contributed by atoms with Gasteiger partial charge in [-0.05, 0) is 18.8 Å². The number of aliphatic carboxylic acids is 1. The van der Waals surface area contributed by atoms with Crippen LogP contribution in [0.1, 0.15) is 33.1 Å². The molecule has 1 fully saturated rings. The summed E-state index contributed by atoms with van der Waals surface area (Å²) in [7, 11) is 0. The van der Waals surface area contributed by atoms with Gasteiger partial charge in [-0.2, -0.15) is 25.3 Å². The fourth-order valence-electron chi connectivity index (χ4n) is 2.98. The van der Waals surface area contributed by atoms with Gasteiger partial charge in [-0.15, -0.1) is 0 Å². The second-order valence-electron chi connectivity index (χ2n) is 6.93. The van der Waals surface area contributed by atoms with Crippen molar-refractivity contribution in [1.82, 2.24) is 15.5 Å². The van der Waals surface area contributed by atoms with Crippen molar-refractivity contribution in [2.24, 2.45) is 11.7 Å². The van der Waals surface area contributed by atoms with Crippen LogP contribution in [-0.2, 0) is 19.2 Å². The first kappa shape index (κ1) is 24.6. The highest BCUT2D eigenvalue weighted by Gasteiger charge is 2.38. The number of likely N-dealkylation sites (tertiary alicyclic amines) is 1. The van der Waals surface area contributed by atoms with Gasteiger partial charge >= 0.3 is 5.97 Å². The summed E-state index contributed by atoms with van der Waals surface area (Å²) in [5.41, 5.74) is 5.66. The number of carbonyl (C=O) groups is 4. The summed E-state index contributed by atoms with van der Waals surface area (Å²) >= 11 is 8.12. The molecule has 0 aromatic heterocycles. The molecule has 5 N–H and O–H groups in total. The number of hydrogen-bond acceptors (Lipinski definition) is 7. The van der Waals surface area contributed by atoms with Crippen molar-refractivity contribution in [3.8, 4) is 0 Å². The minimum atomic E-state index is -1.07. The number of nitrogens with one attached hydrogen (secondary N) is 2. The Morgan fingerprint density at radius 2 is 1.82 bits per heavy atom. The molecule has 0 aromatic rings. The van der Waals surface area contributed by atoms with Gasteiger partial charge in [0.2, 0.25) is 17.7 Å². The van der Waals surface area contributed by atoms with Gasteiger partial charge in [0.15, 0.2) is 0 Å². The number of carbonyl (C=O) groups excluding carboxylic acids is 3. The van der Waals surface area contributed by atoms with Gasteiger partial charge in [0.05, 0.1) is 6.04 Å². The van der Waals surface area contributed by atoms with Crippen LogP contribution in [0.2, 0.25) is 0 Å². The smallest absolute Gasteiger partial charge is 0.326 e. The van der Waals surface area contributed by atoms with Crippen LogP contribution in [0.4, 0.5) is 0 Å². The topological polar surface area (TPSA) is 142 Å². The van der Waals surface area contributed by atoms with Gasteiger partial charge < -0.3 is 26.4 Å². The second-order valence-corrected chi connectivity index (χ2v) is 7.66. The monoisotopic (exact) mass is 434 g/mol. The Labute approximate surface area is 176 Å². The second kappa shape index (κ2) is 11.5. The Morgan fingerprint density at radius 1 is 1.18 bits per heavy atom. The predicted octanol–water partition coefficient (Wildman–Crippen LogP) is -0.735. The van der Waals surface area contributed by atoms with Crippen molar-refractivity contribution in [3.05, 3.63) is 0 Å². The molecule has 28 heavy (non-hydrogen) atoms. The molecule has 0 aliphatic carbocycles. The molecule has 1 heterocycles. The van der Waals surface area contributed by atoms with Gasteiger partial charge in [-0.1, -0.05) is 20.3 Å². The van der Waals surface area contributed by atoms with Gasteiger partial charge in [-0.25, -0.2) is 4.79 Å². The van der Waals surface area contributed by atoms with E-state index in [-0.39, 0.29) is 17.4 Å². The zero-order chi connectivity index (χ0) is 21.4.